The highest BCUT2D eigenvalue weighted by Crippen LogP contribution is 2.36. The summed E-state index contributed by atoms with van der Waals surface area (Å²) in [7, 11) is -3.45. The number of hydrogen-bond donors (Lipinski definition) is 1. The summed E-state index contributed by atoms with van der Waals surface area (Å²) in [5.41, 5.74) is 0. The van der Waals surface area contributed by atoms with Crippen LogP contribution < -0.4 is 5.32 Å². The second kappa shape index (κ2) is 7.75. The summed E-state index contributed by atoms with van der Waals surface area (Å²) in [4.78, 5) is 0. The van der Waals surface area contributed by atoms with Gasteiger partial charge in [0.2, 0.25) is 0 Å². The monoisotopic (exact) mass is 414 g/mol. The Hall–Kier alpha value is 0.340. The molecule has 1 aliphatic heterocycles. The van der Waals surface area contributed by atoms with Crippen LogP contribution in [-0.4, -0.2) is 38.9 Å². The van der Waals surface area contributed by atoms with Gasteiger partial charge in [-0.3, -0.25) is 0 Å². The first kappa shape index (κ1) is 17.7. The molecule has 1 fully saturated rings. The Bertz CT molecular complexity index is 551. The Morgan fingerprint density at radius 2 is 2.33 bits per heavy atom. The lowest BCUT2D eigenvalue weighted by Crippen LogP contribution is -2.41. The Morgan fingerprint density at radius 3 is 2.86 bits per heavy atom. The van der Waals surface area contributed by atoms with E-state index in [1.165, 1.54) is 17.4 Å². The van der Waals surface area contributed by atoms with Crippen molar-refractivity contribution in [2.45, 2.75) is 30.4 Å². The van der Waals surface area contributed by atoms with Gasteiger partial charge >= 0.3 is 0 Å². The molecule has 0 aliphatic carbocycles. The average Bonchev–Trinajstić information content (AvgIpc) is 2.80. The second-order valence-corrected chi connectivity index (χ2v) is 10.2. The predicted octanol–water partition coefficient (Wildman–Crippen LogP) is 3.56. The van der Waals surface area contributed by atoms with Gasteiger partial charge in [-0.1, -0.05) is 18.5 Å². The molecule has 0 amide bonds. The first-order valence-electron chi connectivity index (χ1n) is 7.11. The minimum Gasteiger partial charge on any atom is -0.316 e. The van der Waals surface area contributed by atoms with Crippen molar-refractivity contribution in [1.29, 1.82) is 0 Å². The SMILES string of the molecule is CCCN(CC1CCCNC1)S(=O)(=O)c1cc(Cl)c(Br)s1. The van der Waals surface area contributed by atoms with Crippen LogP contribution in [0.25, 0.3) is 0 Å². The van der Waals surface area contributed by atoms with Crippen LogP contribution in [-0.2, 0) is 10.0 Å². The van der Waals surface area contributed by atoms with Gasteiger partial charge in [-0.05, 0) is 60.3 Å². The third-order valence-corrected chi connectivity index (χ3v) is 8.34. The van der Waals surface area contributed by atoms with Crippen molar-refractivity contribution in [3.8, 4) is 0 Å². The molecule has 1 atom stereocenters. The minimum atomic E-state index is -3.45. The van der Waals surface area contributed by atoms with E-state index in [0.29, 0.717) is 32.0 Å². The Kier molecular flexibility index (Phi) is 6.52. The summed E-state index contributed by atoms with van der Waals surface area (Å²) in [5, 5.41) is 3.79. The first-order valence-corrected chi connectivity index (χ1v) is 10.5. The van der Waals surface area contributed by atoms with E-state index in [1.54, 1.807) is 4.31 Å². The van der Waals surface area contributed by atoms with E-state index in [0.717, 1.165) is 32.4 Å². The number of halogens is 2. The summed E-state index contributed by atoms with van der Waals surface area (Å²) >= 11 is 10.4. The van der Waals surface area contributed by atoms with Crippen molar-refractivity contribution in [1.82, 2.24) is 9.62 Å². The van der Waals surface area contributed by atoms with Crippen molar-refractivity contribution >= 4 is 48.9 Å². The van der Waals surface area contributed by atoms with E-state index in [9.17, 15) is 8.42 Å². The van der Waals surface area contributed by atoms with Gasteiger partial charge in [0, 0.05) is 13.1 Å². The van der Waals surface area contributed by atoms with E-state index in [1.807, 2.05) is 6.92 Å². The third-order valence-electron chi connectivity index (χ3n) is 3.55. The van der Waals surface area contributed by atoms with Crippen molar-refractivity contribution < 1.29 is 8.42 Å². The first-order chi connectivity index (χ1) is 9.95. The summed E-state index contributed by atoms with van der Waals surface area (Å²) < 4.78 is 28.2. The fourth-order valence-electron chi connectivity index (χ4n) is 2.51. The van der Waals surface area contributed by atoms with E-state index in [-0.39, 0.29) is 0 Å². The molecule has 0 bridgehead atoms. The van der Waals surface area contributed by atoms with Crippen molar-refractivity contribution in [2.75, 3.05) is 26.2 Å². The van der Waals surface area contributed by atoms with Crippen LogP contribution in [0.5, 0.6) is 0 Å². The molecule has 1 unspecified atom stereocenters. The Morgan fingerprint density at radius 1 is 1.57 bits per heavy atom. The molecule has 21 heavy (non-hydrogen) atoms. The molecule has 0 radical (unpaired) electrons. The second-order valence-electron chi connectivity index (χ2n) is 5.26. The van der Waals surface area contributed by atoms with Gasteiger partial charge in [0.15, 0.2) is 0 Å². The predicted molar refractivity (Wildman–Crippen MR) is 91.7 cm³/mol. The van der Waals surface area contributed by atoms with E-state index < -0.39 is 10.0 Å². The smallest absolute Gasteiger partial charge is 0.252 e. The van der Waals surface area contributed by atoms with Gasteiger partial charge in [-0.25, -0.2) is 8.42 Å². The molecule has 0 spiro atoms. The van der Waals surface area contributed by atoms with Gasteiger partial charge in [-0.2, -0.15) is 4.31 Å². The van der Waals surface area contributed by atoms with Gasteiger partial charge < -0.3 is 5.32 Å². The highest BCUT2D eigenvalue weighted by atomic mass is 79.9. The maximum atomic E-state index is 12.8. The standard InChI is InChI=1S/C13H20BrClN2O2S2/c1-2-6-17(9-10-4-3-5-16-8-10)21(18,19)12-7-11(15)13(14)20-12/h7,10,16H,2-6,8-9H2,1H3. The summed E-state index contributed by atoms with van der Waals surface area (Å²) in [6, 6.07) is 1.54. The molecule has 0 aromatic carbocycles. The average molecular weight is 416 g/mol. The lowest BCUT2D eigenvalue weighted by Gasteiger charge is -2.29. The lowest BCUT2D eigenvalue weighted by molar-refractivity contribution is 0.292. The zero-order valence-electron chi connectivity index (χ0n) is 11.9. The quantitative estimate of drug-likeness (QED) is 0.773. The number of sulfonamides is 1. The fourth-order valence-corrected chi connectivity index (χ4v) is 6.67. The number of rotatable bonds is 6. The lowest BCUT2D eigenvalue weighted by atomic mass is 10.00. The molecule has 8 heteroatoms. The maximum Gasteiger partial charge on any atom is 0.252 e. The number of nitrogens with one attached hydrogen (secondary N) is 1. The topological polar surface area (TPSA) is 49.4 Å². The zero-order valence-corrected chi connectivity index (χ0v) is 15.9. The Balaban J connectivity index is 2.18. The van der Waals surface area contributed by atoms with Crippen molar-refractivity contribution in [2.24, 2.45) is 5.92 Å². The highest BCUT2D eigenvalue weighted by molar-refractivity contribution is 9.11. The van der Waals surface area contributed by atoms with Crippen LogP contribution in [0, 0.1) is 5.92 Å². The van der Waals surface area contributed by atoms with Crippen molar-refractivity contribution in [3.05, 3.63) is 14.9 Å². The van der Waals surface area contributed by atoms with Gasteiger partial charge in [0.1, 0.15) is 4.21 Å². The molecule has 1 aliphatic rings. The van der Waals surface area contributed by atoms with E-state index in [2.05, 4.69) is 21.2 Å². The molecule has 1 N–H and O–H groups in total. The van der Waals surface area contributed by atoms with Crippen LogP contribution in [0.4, 0.5) is 0 Å². The van der Waals surface area contributed by atoms with Crippen LogP contribution >= 0.6 is 38.9 Å². The summed E-state index contributed by atoms with van der Waals surface area (Å²) in [6.45, 7) is 5.05. The largest absolute Gasteiger partial charge is 0.316 e. The van der Waals surface area contributed by atoms with Crippen LogP contribution in [0.2, 0.25) is 5.02 Å². The molecule has 2 rings (SSSR count). The fraction of sp³-hybridized carbons (Fsp3) is 0.692. The van der Waals surface area contributed by atoms with Crippen LogP contribution in [0.15, 0.2) is 14.1 Å². The van der Waals surface area contributed by atoms with E-state index >= 15 is 0 Å². The van der Waals surface area contributed by atoms with Crippen molar-refractivity contribution in [3.63, 3.8) is 0 Å². The third kappa shape index (κ3) is 4.42. The summed E-state index contributed by atoms with van der Waals surface area (Å²) in [6.07, 6.45) is 3.00. The van der Waals surface area contributed by atoms with E-state index in [4.69, 9.17) is 11.6 Å². The number of nitrogens with zero attached hydrogens (tertiary/aromatic N) is 1. The van der Waals surface area contributed by atoms with Crippen LogP contribution in [0.3, 0.4) is 0 Å². The highest BCUT2D eigenvalue weighted by Gasteiger charge is 2.29. The van der Waals surface area contributed by atoms with Gasteiger partial charge in [0.25, 0.3) is 10.0 Å². The maximum absolute atomic E-state index is 12.8. The van der Waals surface area contributed by atoms with Gasteiger partial charge in [-0.15, -0.1) is 11.3 Å². The Labute approximate surface area is 144 Å². The molecule has 2 heterocycles. The molecule has 1 saturated heterocycles. The number of hydrogen-bond acceptors (Lipinski definition) is 4. The molecular formula is C13H20BrClN2O2S2. The van der Waals surface area contributed by atoms with Crippen LogP contribution in [0.1, 0.15) is 26.2 Å². The molecule has 1 aromatic heterocycles. The van der Waals surface area contributed by atoms with Gasteiger partial charge in [0.05, 0.1) is 8.81 Å². The summed E-state index contributed by atoms with van der Waals surface area (Å²) in [5.74, 6) is 0.388. The molecular weight excluding hydrogens is 396 g/mol. The molecule has 4 nitrogen and oxygen atoms in total. The number of piperidine rings is 1. The molecule has 1 aromatic rings. The molecule has 120 valence electrons. The number of thiophene rings is 1. The minimum absolute atomic E-state index is 0.316. The normalized spacial score (nSPS) is 20.1. The zero-order chi connectivity index (χ0) is 15.5. The molecule has 0 saturated carbocycles.